The second-order valence-corrected chi connectivity index (χ2v) is 4.21. The standard InChI is InChI=1S/C11H12BrN5/c12-9-10(13)16-7-17-11(9)15-6-4-8-3-1-2-5-14-8/h1-3,5,7H,4,6H2,(H3,13,15,16,17). The summed E-state index contributed by atoms with van der Waals surface area (Å²) < 4.78 is 0.695. The largest absolute Gasteiger partial charge is 0.383 e. The summed E-state index contributed by atoms with van der Waals surface area (Å²) in [6.07, 6.45) is 4.05. The molecule has 0 amide bonds. The molecule has 6 heteroatoms. The molecule has 17 heavy (non-hydrogen) atoms. The minimum Gasteiger partial charge on any atom is -0.383 e. The molecule has 2 aromatic heterocycles. The number of hydrogen-bond donors (Lipinski definition) is 2. The van der Waals surface area contributed by atoms with Gasteiger partial charge in [-0.15, -0.1) is 0 Å². The minimum absolute atomic E-state index is 0.431. The molecule has 0 aliphatic rings. The molecule has 0 radical (unpaired) electrons. The molecule has 2 rings (SSSR count). The Balaban J connectivity index is 1.93. The van der Waals surface area contributed by atoms with Gasteiger partial charge >= 0.3 is 0 Å². The van der Waals surface area contributed by atoms with Crippen molar-refractivity contribution in [3.63, 3.8) is 0 Å². The van der Waals surface area contributed by atoms with E-state index in [1.807, 2.05) is 18.2 Å². The van der Waals surface area contributed by atoms with Crippen molar-refractivity contribution in [2.45, 2.75) is 6.42 Å². The molecule has 0 aromatic carbocycles. The molecule has 0 bridgehead atoms. The Bertz CT molecular complexity index is 488. The van der Waals surface area contributed by atoms with Crippen LogP contribution in [-0.2, 0) is 6.42 Å². The predicted molar refractivity (Wildman–Crippen MR) is 70.6 cm³/mol. The number of nitrogen functional groups attached to an aromatic ring is 1. The number of aromatic nitrogens is 3. The molecule has 88 valence electrons. The zero-order chi connectivity index (χ0) is 12.1. The third-order valence-electron chi connectivity index (χ3n) is 2.22. The summed E-state index contributed by atoms with van der Waals surface area (Å²) in [4.78, 5) is 12.2. The maximum Gasteiger partial charge on any atom is 0.145 e. The highest BCUT2D eigenvalue weighted by atomic mass is 79.9. The van der Waals surface area contributed by atoms with Crippen LogP contribution in [0.2, 0.25) is 0 Å². The fourth-order valence-electron chi connectivity index (χ4n) is 1.36. The van der Waals surface area contributed by atoms with Crippen molar-refractivity contribution >= 4 is 27.6 Å². The zero-order valence-electron chi connectivity index (χ0n) is 9.10. The van der Waals surface area contributed by atoms with Gasteiger partial charge in [0.25, 0.3) is 0 Å². The van der Waals surface area contributed by atoms with Crippen LogP contribution >= 0.6 is 15.9 Å². The number of nitrogens with zero attached hydrogens (tertiary/aromatic N) is 3. The monoisotopic (exact) mass is 293 g/mol. The molecular weight excluding hydrogens is 282 g/mol. The highest BCUT2D eigenvalue weighted by Gasteiger charge is 2.04. The zero-order valence-corrected chi connectivity index (χ0v) is 10.7. The Hall–Kier alpha value is -1.69. The molecule has 0 aliphatic carbocycles. The molecule has 0 saturated carbocycles. The van der Waals surface area contributed by atoms with Crippen molar-refractivity contribution < 1.29 is 0 Å². The van der Waals surface area contributed by atoms with Crippen LogP contribution in [0.5, 0.6) is 0 Å². The predicted octanol–water partition coefficient (Wildman–Crippen LogP) is 1.87. The van der Waals surface area contributed by atoms with Gasteiger partial charge in [0.1, 0.15) is 22.4 Å². The number of anilines is 2. The number of hydrogen-bond acceptors (Lipinski definition) is 5. The Morgan fingerprint density at radius 3 is 2.88 bits per heavy atom. The van der Waals surface area contributed by atoms with E-state index >= 15 is 0 Å². The third-order valence-corrected chi connectivity index (χ3v) is 3.00. The fraction of sp³-hybridized carbons (Fsp3) is 0.182. The second kappa shape index (κ2) is 5.58. The van der Waals surface area contributed by atoms with Crippen LogP contribution in [0, 0.1) is 0 Å². The van der Waals surface area contributed by atoms with Gasteiger partial charge in [0.05, 0.1) is 0 Å². The normalized spacial score (nSPS) is 10.2. The second-order valence-electron chi connectivity index (χ2n) is 3.42. The fourth-order valence-corrected chi connectivity index (χ4v) is 1.71. The van der Waals surface area contributed by atoms with Crippen LogP contribution in [0.1, 0.15) is 5.69 Å². The Morgan fingerprint density at radius 2 is 2.12 bits per heavy atom. The van der Waals surface area contributed by atoms with Crippen molar-refractivity contribution in [2.75, 3.05) is 17.6 Å². The molecule has 0 atom stereocenters. The van der Waals surface area contributed by atoms with E-state index in [-0.39, 0.29) is 0 Å². The van der Waals surface area contributed by atoms with E-state index in [0.717, 1.165) is 18.7 Å². The van der Waals surface area contributed by atoms with Crippen LogP contribution in [0.4, 0.5) is 11.6 Å². The molecule has 0 fully saturated rings. The van der Waals surface area contributed by atoms with E-state index in [2.05, 4.69) is 36.2 Å². The van der Waals surface area contributed by atoms with E-state index in [4.69, 9.17) is 5.73 Å². The maximum atomic E-state index is 5.65. The van der Waals surface area contributed by atoms with Crippen LogP contribution < -0.4 is 11.1 Å². The maximum absolute atomic E-state index is 5.65. The lowest BCUT2D eigenvalue weighted by Crippen LogP contribution is -2.09. The van der Waals surface area contributed by atoms with E-state index in [1.165, 1.54) is 6.33 Å². The van der Waals surface area contributed by atoms with Gasteiger partial charge in [0.2, 0.25) is 0 Å². The smallest absolute Gasteiger partial charge is 0.145 e. The summed E-state index contributed by atoms with van der Waals surface area (Å²) >= 11 is 3.34. The Kier molecular flexibility index (Phi) is 3.87. The summed E-state index contributed by atoms with van der Waals surface area (Å²) in [5.74, 6) is 1.13. The van der Waals surface area contributed by atoms with Crippen molar-refractivity contribution in [1.29, 1.82) is 0 Å². The van der Waals surface area contributed by atoms with E-state index in [0.29, 0.717) is 16.1 Å². The summed E-state index contributed by atoms with van der Waals surface area (Å²) in [7, 11) is 0. The number of nitrogens with two attached hydrogens (primary N) is 1. The summed E-state index contributed by atoms with van der Waals surface area (Å²) in [5.41, 5.74) is 6.69. The first-order valence-electron chi connectivity index (χ1n) is 5.17. The molecular formula is C11H12BrN5. The van der Waals surface area contributed by atoms with Crippen LogP contribution in [0.15, 0.2) is 35.2 Å². The molecule has 5 nitrogen and oxygen atoms in total. The first kappa shape index (κ1) is 11.8. The molecule has 2 aromatic rings. The van der Waals surface area contributed by atoms with Crippen molar-refractivity contribution in [1.82, 2.24) is 15.0 Å². The SMILES string of the molecule is Nc1ncnc(NCCc2ccccn2)c1Br. The van der Waals surface area contributed by atoms with E-state index in [1.54, 1.807) is 6.20 Å². The molecule has 0 spiro atoms. The van der Waals surface area contributed by atoms with Gasteiger partial charge in [-0.3, -0.25) is 4.98 Å². The lowest BCUT2D eigenvalue weighted by molar-refractivity contribution is 0.949. The van der Waals surface area contributed by atoms with Crippen LogP contribution in [0.3, 0.4) is 0 Å². The highest BCUT2D eigenvalue weighted by molar-refractivity contribution is 9.10. The van der Waals surface area contributed by atoms with Crippen LogP contribution in [0.25, 0.3) is 0 Å². The van der Waals surface area contributed by atoms with Gasteiger partial charge in [-0.1, -0.05) is 6.07 Å². The molecule has 0 aliphatic heterocycles. The lowest BCUT2D eigenvalue weighted by Gasteiger charge is -2.07. The van der Waals surface area contributed by atoms with Gasteiger partial charge in [-0.2, -0.15) is 0 Å². The van der Waals surface area contributed by atoms with Crippen molar-refractivity contribution in [3.05, 3.63) is 40.9 Å². The first-order chi connectivity index (χ1) is 8.27. The Morgan fingerprint density at radius 1 is 1.24 bits per heavy atom. The topological polar surface area (TPSA) is 76.7 Å². The number of halogens is 1. The van der Waals surface area contributed by atoms with Gasteiger partial charge < -0.3 is 11.1 Å². The molecule has 3 N–H and O–H groups in total. The van der Waals surface area contributed by atoms with Crippen molar-refractivity contribution in [3.8, 4) is 0 Å². The van der Waals surface area contributed by atoms with Gasteiger partial charge in [-0.25, -0.2) is 9.97 Å². The summed E-state index contributed by atoms with van der Waals surface area (Å²) in [6.45, 7) is 0.742. The average Bonchev–Trinajstić information content (AvgIpc) is 2.36. The van der Waals surface area contributed by atoms with Crippen molar-refractivity contribution in [2.24, 2.45) is 0 Å². The molecule has 2 heterocycles. The Labute approximate surface area is 108 Å². The third kappa shape index (κ3) is 3.13. The van der Waals surface area contributed by atoms with E-state index < -0.39 is 0 Å². The number of nitrogens with one attached hydrogen (secondary N) is 1. The molecule has 0 saturated heterocycles. The average molecular weight is 294 g/mol. The number of pyridine rings is 1. The summed E-state index contributed by atoms with van der Waals surface area (Å²) in [5, 5.41) is 3.18. The van der Waals surface area contributed by atoms with Crippen LogP contribution in [-0.4, -0.2) is 21.5 Å². The minimum atomic E-state index is 0.431. The summed E-state index contributed by atoms with van der Waals surface area (Å²) in [6, 6.07) is 5.87. The first-order valence-corrected chi connectivity index (χ1v) is 5.96. The molecule has 0 unspecified atom stereocenters. The van der Waals surface area contributed by atoms with Gasteiger partial charge in [0, 0.05) is 24.9 Å². The number of rotatable bonds is 4. The van der Waals surface area contributed by atoms with Gasteiger partial charge in [-0.05, 0) is 28.1 Å². The quantitative estimate of drug-likeness (QED) is 0.900. The lowest BCUT2D eigenvalue weighted by atomic mass is 10.3. The highest BCUT2D eigenvalue weighted by Crippen LogP contribution is 2.23. The van der Waals surface area contributed by atoms with Gasteiger partial charge in [0.15, 0.2) is 0 Å². The van der Waals surface area contributed by atoms with E-state index in [9.17, 15) is 0 Å².